The molecule has 1 aliphatic carbocycles. The van der Waals surface area contributed by atoms with Gasteiger partial charge >= 0.3 is 0 Å². The average molecular weight is 571 g/mol. The molecule has 0 amide bonds. The van der Waals surface area contributed by atoms with Gasteiger partial charge in [-0.25, -0.2) is 0 Å². The molecular formula is C25H50HfNSi-. The summed E-state index contributed by atoms with van der Waals surface area (Å²) in [6, 6.07) is 0. The Hall–Kier alpha value is 0.367. The van der Waals surface area contributed by atoms with Gasteiger partial charge in [0, 0.05) is 59.0 Å². The summed E-state index contributed by atoms with van der Waals surface area (Å²) < 4.78 is 0. The van der Waals surface area contributed by atoms with E-state index in [-0.39, 0.29) is 33.3 Å². The van der Waals surface area contributed by atoms with Crippen molar-refractivity contribution in [1.82, 2.24) is 4.90 Å². The summed E-state index contributed by atoms with van der Waals surface area (Å²) >= 11 is 0. The third-order valence-electron chi connectivity index (χ3n) is 7.13. The van der Waals surface area contributed by atoms with Gasteiger partial charge in [0.2, 0.25) is 0 Å². The largest absolute Gasteiger partial charge is 0.377 e. The number of hydrogen-bond donors (Lipinski definition) is 0. The van der Waals surface area contributed by atoms with Gasteiger partial charge in [0.1, 0.15) is 0 Å². The van der Waals surface area contributed by atoms with Gasteiger partial charge in [0.15, 0.2) is 0 Å². The van der Waals surface area contributed by atoms with Crippen molar-refractivity contribution in [1.29, 1.82) is 0 Å². The third-order valence-corrected chi connectivity index (χ3v) is 10.2. The Balaban J connectivity index is 0. The van der Waals surface area contributed by atoms with Crippen molar-refractivity contribution in [3.63, 3.8) is 0 Å². The van der Waals surface area contributed by atoms with Crippen molar-refractivity contribution in [3.8, 4) is 0 Å². The van der Waals surface area contributed by atoms with E-state index in [1.807, 2.05) is 0 Å². The summed E-state index contributed by atoms with van der Waals surface area (Å²) in [6.45, 7) is 18.1. The maximum atomic E-state index is 2.60. The SMILES string of the molecule is CCCCCCCCCCCCN(C)C1=C(C)C(C)=C(C)C1(C)[SiH](C)C.[CH3-].[Hf]. The van der Waals surface area contributed by atoms with E-state index in [2.05, 4.69) is 59.7 Å². The molecule has 0 aromatic rings. The van der Waals surface area contributed by atoms with E-state index in [0.29, 0.717) is 5.04 Å². The van der Waals surface area contributed by atoms with E-state index in [1.165, 1.54) is 70.8 Å². The topological polar surface area (TPSA) is 3.24 Å². The van der Waals surface area contributed by atoms with Gasteiger partial charge < -0.3 is 12.3 Å². The molecule has 1 atom stereocenters. The first-order chi connectivity index (χ1) is 12.3. The quantitative estimate of drug-likeness (QED) is 0.123. The summed E-state index contributed by atoms with van der Waals surface area (Å²) in [4.78, 5) is 2.60. The van der Waals surface area contributed by atoms with Crippen molar-refractivity contribution >= 4 is 8.80 Å². The molecule has 0 saturated carbocycles. The zero-order valence-electron chi connectivity index (χ0n) is 20.8. The second-order valence-corrected chi connectivity index (χ2v) is 12.6. The number of hydrogen-bond acceptors (Lipinski definition) is 1. The Labute approximate surface area is 199 Å². The third kappa shape index (κ3) is 7.89. The van der Waals surface area contributed by atoms with Crippen LogP contribution in [0.5, 0.6) is 0 Å². The van der Waals surface area contributed by atoms with E-state index in [4.69, 9.17) is 0 Å². The van der Waals surface area contributed by atoms with Crippen LogP contribution in [0.25, 0.3) is 0 Å². The van der Waals surface area contributed by atoms with Gasteiger partial charge in [-0.05, 0) is 38.3 Å². The van der Waals surface area contributed by atoms with Gasteiger partial charge in [0.05, 0.1) is 0 Å². The Morgan fingerprint density at radius 3 is 1.64 bits per heavy atom. The minimum Gasteiger partial charge on any atom is -0.377 e. The molecule has 0 bridgehead atoms. The van der Waals surface area contributed by atoms with E-state index in [9.17, 15) is 0 Å². The van der Waals surface area contributed by atoms with Crippen LogP contribution in [0, 0.1) is 7.43 Å². The number of unbranched alkanes of at least 4 members (excludes halogenated alkanes) is 9. The molecule has 1 unspecified atom stereocenters. The molecule has 0 fully saturated rings. The fourth-order valence-electron chi connectivity index (χ4n) is 4.75. The van der Waals surface area contributed by atoms with Crippen LogP contribution in [0.1, 0.15) is 98.8 Å². The van der Waals surface area contributed by atoms with Gasteiger partial charge in [-0.2, -0.15) is 0 Å². The van der Waals surface area contributed by atoms with E-state index in [0.717, 1.165) is 0 Å². The first kappa shape index (κ1) is 30.6. The smallest absolute Gasteiger partial charge is 0.0494 e. The Kier molecular flexibility index (Phi) is 16.6. The maximum Gasteiger partial charge on any atom is 0.0494 e. The second kappa shape index (κ2) is 15.2. The first-order valence-corrected chi connectivity index (χ1v) is 14.3. The Morgan fingerprint density at radius 2 is 1.21 bits per heavy atom. The molecule has 0 spiro atoms. The molecule has 0 saturated heterocycles. The van der Waals surface area contributed by atoms with Crippen LogP contribution in [-0.4, -0.2) is 27.3 Å². The summed E-state index contributed by atoms with van der Waals surface area (Å²) in [5.74, 6) is 0. The molecule has 1 aliphatic rings. The van der Waals surface area contributed by atoms with Crippen molar-refractivity contribution in [2.45, 2.75) is 117 Å². The summed E-state index contributed by atoms with van der Waals surface area (Å²) in [6.07, 6.45) is 14.2. The van der Waals surface area contributed by atoms with Crippen LogP contribution in [0.15, 0.2) is 22.4 Å². The standard InChI is InChI=1S/C24H47NSi.CH3.Hf/c1-9-10-11-12-13-14-15-16-17-18-19-25(6)23-21(3)20(2)22(4)24(23,5)26(7)8;;/h26H,9-19H2,1-8H3;1H3;/q;-1;. The molecule has 1 rings (SSSR count). The zero-order chi connectivity index (χ0) is 19.7. The van der Waals surface area contributed by atoms with Crippen LogP contribution < -0.4 is 0 Å². The van der Waals surface area contributed by atoms with E-state index < -0.39 is 8.80 Å². The van der Waals surface area contributed by atoms with Crippen molar-refractivity contribution in [3.05, 3.63) is 29.8 Å². The van der Waals surface area contributed by atoms with Gasteiger partial charge in [-0.1, -0.05) is 90.3 Å². The van der Waals surface area contributed by atoms with E-state index >= 15 is 0 Å². The van der Waals surface area contributed by atoms with Crippen LogP contribution >= 0.6 is 0 Å². The van der Waals surface area contributed by atoms with Crippen molar-refractivity contribution in [2.75, 3.05) is 13.6 Å². The van der Waals surface area contributed by atoms with Gasteiger partial charge in [-0.15, -0.1) is 0 Å². The molecule has 0 radical (unpaired) electrons. The minimum atomic E-state index is -0.813. The summed E-state index contributed by atoms with van der Waals surface area (Å²) in [5.41, 5.74) is 6.39. The Morgan fingerprint density at radius 1 is 0.786 bits per heavy atom. The Bertz CT molecular complexity index is 495. The fraction of sp³-hybridized carbons (Fsp3) is 0.800. The molecule has 164 valence electrons. The average Bonchev–Trinajstić information content (AvgIpc) is 2.78. The van der Waals surface area contributed by atoms with Crippen LogP contribution in [-0.2, 0) is 25.8 Å². The summed E-state index contributed by atoms with van der Waals surface area (Å²) in [5, 5.41) is 0.349. The van der Waals surface area contributed by atoms with Crippen LogP contribution in [0.3, 0.4) is 0 Å². The predicted octanol–water partition coefficient (Wildman–Crippen LogP) is 8.16. The number of nitrogens with zero attached hydrogens (tertiary/aromatic N) is 1. The molecule has 0 N–H and O–H groups in total. The second-order valence-electron chi connectivity index (χ2n) is 9.18. The molecule has 0 aromatic carbocycles. The van der Waals surface area contributed by atoms with Gasteiger partial charge in [0.25, 0.3) is 0 Å². The zero-order valence-corrected chi connectivity index (χ0v) is 25.6. The fourth-order valence-corrected chi connectivity index (χ4v) is 6.82. The molecule has 0 aromatic heterocycles. The van der Waals surface area contributed by atoms with Gasteiger partial charge in [-0.3, -0.25) is 0 Å². The molecule has 0 heterocycles. The normalized spacial score (nSPS) is 19.2. The molecule has 3 heteroatoms. The number of rotatable bonds is 13. The molecular weight excluding hydrogens is 521 g/mol. The molecule has 1 nitrogen and oxygen atoms in total. The summed E-state index contributed by atoms with van der Waals surface area (Å²) in [7, 11) is 1.53. The predicted molar refractivity (Wildman–Crippen MR) is 129 cm³/mol. The van der Waals surface area contributed by atoms with Crippen LogP contribution in [0.2, 0.25) is 18.1 Å². The minimum absolute atomic E-state index is 0. The molecule has 28 heavy (non-hydrogen) atoms. The maximum absolute atomic E-state index is 2.60. The molecule has 0 aliphatic heterocycles. The van der Waals surface area contributed by atoms with Crippen molar-refractivity contribution < 1.29 is 25.8 Å². The number of allylic oxidation sites excluding steroid dienone is 3. The van der Waals surface area contributed by atoms with E-state index in [1.54, 1.807) is 22.4 Å². The first-order valence-electron chi connectivity index (χ1n) is 11.4. The van der Waals surface area contributed by atoms with Crippen molar-refractivity contribution in [2.24, 2.45) is 0 Å². The van der Waals surface area contributed by atoms with Crippen LogP contribution in [0.4, 0.5) is 0 Å². The monoisotopic (exact) mass is 572 g/mol.